The van der Waals surface area contributed by atoms with Gasteiger partial charge in [-0.2, -0.15) is 0 Å². The fourth-order valence-electron chi connectivity index (χ4n) is 7.05. The van der Waals surface area contributed by atoms with E-state index in [0.717, 1.165) is 32.1 Å². The Morgan fingerprint density at radius 3 is 2.28 bits per heavy atom. The fraction of sp³-hybridized carbons (Fsp3) is 0.857. The van der Waals surface area contributed by atoms with Gasteiger partial charge in [-0.15, -0.1) is 0 Å². The maximum atomic E-state index is 12.4. The molecule has 1 aliphatic heterocycles. The van der Waals surface area contributed by atoms with Crippen LogP contribution in [-0.2, 0) is 9.53 Å². The second-order valence-corrected chi connectivity index (χ2v) is 10.7. The molecule has 1 heterocycles. The number of amides is 3. The Morgan fingerprint density at radius 1 is 1.14 bits per heavy atom. The molecule has 7 atom stereocenters. The van der Waals surface area contributed by atoms with Crippen LogP contribution in [0.4, 0.5) is 9.59 Å². The molecule has 0 aromatic rings. The molecule has 4 aliphatic carbocycles. The first-order valence-corrected chi connectivity index (χ1v) is 10.8. The Bertz CT molecular complexity index is 702. The topological polar surface area (TPSA) is 122 Å². The molecule has 8 heteroatoms. The number of hydrogen-bond acceptors (Lipinski definition) is 4. The summed E-state index contributed by atoms with van der Waals surface area (Å²) in [4.78, 5) is 38.1. The Morgan fingerprint density at radius 2 is 1.76 bits per heavy atom. The van der Waals surface area contributed by atoms with Crippen molar-refractivity contribution >= 4 is 18.1 Å². The zero-order valence-electron chi connectivity index (χ0n) is 17.5. The van der Waals surface area contributed by atoms with E-state index < -0.39 is 23.2 Å². The smallest absolute Gasteiger partial charge is 0.407 e. The maximum absolute atomic E-state index is 12.4. The van der Waals surface area contributed by atoms with Crippen LogP contribution in [-0.4, -0.2) is 52.3 Å². The summed E-state index contributed by atoms with van der Waals surface area (Å²) >= 11 is 0. The van der Waals surface area contributed by atoms with Gasteiger partial charge in [-0.05, 0) is 83.0 Å². The molecule has 0 radical (unpaired) electrons. The van der Waals surface area contributed by atoms with Crippen LogP contribution in [0, 0.1) is 29.1 Å². The number of carboxylic acid groups (broad SMARTS) is 1. The Labute approximate surface area is 171 Å². The van der Waals surface area contributed by atoms with Gasteiger partial charge < -0.3 is 25.8 Å². The van der Waals surface area contributed by atoms with Crippen LogP contribution in [0.2, 0.25) is 0 Å². The van der Waals surface area contributed by atoms with Crippen molar-refractivity contribution in [2.24, 2.45) is 34.8 Å². The van der Waals surface area contributed by atoms with E-state index in [2.05, 4.69) is 5.32 Å². The highest BCUT2D eigenvalue weighted by atomic mass is 16.6. The number of primary amides is 1. The van der Waals surface area contributed by atoms with Crippen molar-refractivity contribution in [2.75, 3.05) is 6.54 Å². The van der Waals surface area contributed by atoms with Crippen molar-refractivity contribution in [3.8, 4) is 0 Å². The number of nitrogens with zero attached hydrogens (tertiary/aromatic N) is 1. The van der Waals surface area contributed by atoms with Gasteiger partial charge in [0.2, 0.25) is 5.91 Å². The van der Waals surface area contributed by atoms with E-state index in [1.807, 2.05) is 20.8 Å². The van der Waals surface area contributed by atoms with Crippen molar-refractivity contribution in [3.05, 3.63) is 0 Å². The van der Waals surface area contributed by atoms with Crippen molar-refractivity contribution < 1.29 is 24.2 Å². The molecule has 5 rings (SSSR count). The molecule has 4 saturated carbocycles. The summed E-state index contributed by atoms with van der Waals surface area (Å²) in [5, 5.41) is 12.8. The van der Waals surface area contributed by atoms with Crippen molar-refractivity contribution in [1.29, 1.82) is 0 Å². The predicted octanol–water partition coefficient (Wildman–Crippen LogP) is 2.56. The number of nitrogens with one attached hydrogen (secondary N) is 1. The molecule has 1 saturated heterocycles. The highest BCUT2D eigenvalue weighted by molar-refractivity contribution is 5.81. The van der Waals surface area contributed by atoms with Gasteiger partial charge in [0.05, 0.1) is 12.1 Å². The molecule has 29 heavy (non-hydrogen) atoms. The summed E-state index contributed by atoms with van der Waals surface area (Å²) < 4.78 is 5.42. The van der Waals surface area contributed by atoms with Crippen LogP contribution in [0.1, 0.15) is 59.3 Å². The van der Waals surface area contributed by atoms with Crippen LogP contribution in [0.15, 0.2) is 0 Å². The predicted molar refractivity (Wildman–Crippen MR) is 105 cm³/mol. The second kappa shape index (κ2) is 6.77. The molecule has 4 N–H and O–H groups in total. The number of nitrogens with two attached hydrogens (primary N) is 1. The van der Waals surface area contributed by atoms with Gasteiger partial charge in [0.25, 0.3) is 0 Å². The highest BCUT2D eigenvalue weighted by Gasteiger charge is 2.61. The molecule has 0 aromatic heterocycles. The summed E-state index contributed by atoms with van der Waals surface area (Å²) in [7, 11) is 0. The van der Waals surface area contributed by atoms with Crippen LogP contribution >= 0.6 is 0 Å². The van der Waals surface area contributed by atoms with Gasteiger partial charge in [-0.25, -0.2) is 9.59 Å². The number of rotatable bonds is 3. The van der Waals surface area contributed by atoms with Gasteiger partial charge in [-0.3, -0.25) is 4.79 Å². The van der Waals surface area contributed by atoms with Crippen LogP contribution < -0.4 is 11.1 Å². The van der Waals surface area contributed by atoms with Crippen molar-refractivity contribution in [1.82, 2.24) is 10.2 Å². The molecule has 5 aliphatic rings. The molecule has 0 aromatic carbocycles. The van der Waals surface area contributed by atoms with Gasteiger partial charge >= 0.3 is 12.2 Å². The second-order valence-electron chi connectivity index (χ2n) is 10.7. The summed E-state index contributed by atoms with van der Waals surface area (Å²) in [6.45, 7) is 5.83. The lowest BCUT2D eigenvalue weighted by Crippen LogP contribution is -2.62. The number of carbonyl (C=O) groups excluding carboxylic acids is 2. The third-order valence-electron chi connectivity index (χ3n) is 7.66. The van der Waals surface area contributed by atoms with E-state index >= 15 is 0 Å². The van der Waals surface area contributed by atoms with E-state index in [4.69, 9.17) is 10.5 Å². The lowest BCUT2D eigenvalue weighted by Gasteiger charge is -2.61. The van der Waals surface area contributed by atoms with Crippen LogP contribution in [0.3, 0.4) is 0 Å². The quantitative estimate of drug-likeness (QED) is 0.664. The summed E-state index contributed by atoms with van der Waals surface area (Å²) in [6.07, 6.45) is 3.58. The average molecular weight is 408 g/mol. The van der Waals surface area contributed by atoms with E-state index in [9.17, 15) is 19.5 Å². The number of alkyl carbamates (subject to hydrolysis) is 1. The van der Waals surface area contributed by atoms with E-state index in [1.165, 1.54) is 4.90 Å². The Hall–Kier alpha value is -1.99. The van der Waals surface area contributed by atoms with E-state index in [0.29, 0.717) is 18.9 Å². The zero-order chi connectivity index (χ0) is 21.1. The summed E-state index contributed by atoms with van der Waals surface area (Å²) in [6, 6.07) is -0.548. The van der Waals surface area contributed by atoms with Gasteiger partial charge in [0.15, 0.2) is 0 Å². The average Bonchev–Trinajstić information content (AvgIpc) is 2.95. The first-order valence-electron chi connectivity index (χ1n) is 10.8. The van der Waals surface area contributed by atoms with Crippen LogP contribution in [0.5, 0.6) is 0 Å². The molecule has 5 unspecified atom stereocenters. The molecule has 0 spiro atoms. The van der Waals surface area contributed by atoms with Gasteiger partial charge in [0.1, 0.15) is 5.60 Å². The molecular weight excluding hydrogens is 374 g/mol. The largest absolute Gasteiger partial charge is 0.465 e. The first kappa shape index (κ1) is 20.3. The van der Waals surface area contributed by atoms with Crippen LogP contribution in [0.25, 0.3) is 0 Å². The number of ether oxygens (including phenoxy) is 1. The SMILES string of the molecule is CC(C)(C)OC(=O)NC1CCN(C(=O)O)C1C1[C@@H]2CC3C[C@H]1CC(C(N)=O)(C3)C2. The normalized spacial score (nSPS) is 40.7. The van der Waals surface area contributed by atoms with Crippen molar-refractivity contribution in [2.45, 2.75) is 77.0 Å². The van der Waals surface area contributed by atoms with E-state index in [-0.39, 0.29) is 35.7 Å². The van der Waals surface area contributed by atoms with Gasteiger partial charge in [0, 0.05) is 12.0 Å². The molecule has 5 fully saturated rings. The number of carbonyl (C=O) groups is 3. The summed E-state index contributed by atoms with van der Waals surface area (Å²) in [5.74, 6) is 1.02. The Kier molecular flexibility index (Phi) is 4.74. The van der Waals surface area contributed by atoms with Gasteiger partial charge in [-0.1, -0.05) is 0 Å². The fourth-order valence-corrected chi connectivity index (χ4v) is 7.05. The lowest BCUT2D eigenvalue weighted by atomic mass is 9.44. The molecular formula is C21H33N3O5. The van der Waals surface area contributed by atoms with E-state index in [1.54, 1.807) is 0 Å². The maximum Gasteiger partial charge on any atom is 0.407 e. The molecule has 8 nitrogen and oxygen atoms in total. The lowest BCUT2D eigenvalue weighted by molar-refractivity contribution is -0.154. The monoisotopic (exact) mass is 407 g/mol. The summed E-state index contributed by atoms with van der Waals surface area (Å²) in [5.41, 5.74) is 4.78. The minimum atomic E-state index is -0.943. The van der Waals surface area contributed by atoms with Crippen molar-refractivity contribution in [3.63, 3.8) is 0 Å². The molecule has 162 valence electrons. The number of likely N-dealkylation sites (tertiary alicyclic amines) is 1. The minimum Gasteiger partial charge on any atom is -0.465 e. The minimum absolute atomic E-state index is 0.151. The zero-order valence-corrected chi connectivity index (χ0v) is 17.5. The standard InChI is InChI=1S/C21H33N3O5/c1-20(2,3)29-18(26)23-14-4-5-24(19(27)28)16(14)15-12-6-11-7-13(15)10-21(8-11,9-12)17(22)25/h11-16H,4-10H2,1-3H3,(H2,22,25)(H,23,26)(H,27,28)/t11?,12-,13+,14?,15?,16?,21?. The molecule has 4 bridgehead atoms. The third kappa shape index (κ3) is 3.55. The third-order valence-corrected chi connectivity index (χ3v) is 7.66. The first-order chi connectivity index (χ1) is 13.5. The number of hydrogen-bond donors (Lipinski definition) is 3. The highest BCUT2D eigenvalue weighted by Crippen LogP contribution is 2.63. The Balaban J connectivity index is 1.58. The molecule has 3 amide bonds.